The highest BCUT2D eigenvalue weighted by Crippen LogP contribution is 2.03. The minimum Gasteiger partial charge on any atom is -0.346 e. The quantitative estimate of drug-likeness (QED) is 0.820. The summed E-state index contributed by atoms with van der Waals surface area (Å²) >= 11 is 0. The SMILES string of the molecule is CC.Cc1noc(C(=O)NCC2CCCN2)n1. The summed E-state index contributed by atoms with van der Waals surface area (Å²) in [6.45, 7) is 7.32. The van der Waals surface area contributed by atoms with E-state index in [9.17, 15) is 4.79 Å². The van der Waals surface area contributed by atoms with Crippen LogP contribution in [0.1, 0.15) is 43.2 Å². The first-order chi connectivity index (χ1) is 8.25. The predicted octanol–water partition coefficient (Wildman–Crippen LogP) is 0.886. The lowest BCUT2D eigenvalue weighted by Crippen LogP contribution is -2.37. The summed E-state index contributed by atoms with van der Waals surface area (Å²) in [6.07, 6.45) is 2.27. The highest BCUT2D eigenvalue weighted by Gasteiger charge is 2.17. The van der Waals surface area contributed by atoms with Gasteiger partial charge >= 0.3 is 11.8 Å². The number of hydrogen-bond donors (Lipinski definition) is 2. The Morgan fingerprint density at radius 3 is 2.88 bits per heavy atom. The summed E-state index contributed by atoms with van der Waals surface area (Å²) in [5.74, 6) is 0.203. The molecule has 6 nitrogen and oxygen atoms in total. The molecule has 1 saturated heterocycles. The molecular formula is C11H20N4O2. The maximum Gasteiger partial charge on any atom is 0.315 e. The van der Waals surface area contributed by atoms with Crippen LogP contribution in [0.2, 0.25) is 0 Å². The zero-order chi connectivity index (χ0) is 12.7. The zero-order valence-electron chi connectivity index (χ0n) is 10.6. The average Bonchev–Trinajstić information content (AvgIpc) is 2.99. The molecule has 0 saturated carbocycles. The third kappa shape index (κ3) is 4.14. The molecule has 0 aliphatic carbocycles. The fourth-order valence-electron chi connectivity index (χ4n) is 1.61. The van der Waals surface area contributed by atoms with Crippen molar-refractivity contribution in [1.82, 2.24) is 20.8 Å². The van der Waals surface area contributed by atoms with Gasteiger partial charge in [-0.2, -0.15) is 4.98 Å². The first kappa shape index (κ1) is 13.6. The third-order valence-corrected chi connectivity index (χ3v) is 2.39. The molecule has 2 rings (SSSR count). The topological polar surface area (TPSA) is 80.0 Å². The van der Waals surface area contributed by atoms with Crippen LogP contribution in [0, 0.1) is 6.92 Å². The number of nitrogens with zero attached hydrogens (tertiary/aromatic N) is 2. The van der Waals surface area contributed by atoms with E-state index in [2.05, 4.69) is 20.8 Å². The smallest absolute Gasteiger partial charge is 0.315 e. The molecule has 0 bridgehead atoms. The normalized spacial score (nSPS) is 18.4. The van der Waals surface area contributed by atoms with Gasteiger partial charge in [-0.25, -0.2) is 0 Å². The molecule has 1 aliphatic rings. The van der Waals surface area contributed by atoms with Gasteiger partial charge in [0.15, 0.2) is 5.82 Å². The van der Waals surface area contributed by atoms with E-state index in [1.165, 1.54) is 6.42 Å². The Morgan fingerprint density at radius 2 is 2.35 bits per heavy atom. The van der Waals surface area contributed by atoms with E-state index < -0.39 is 0 Å². The lowest BCUT2D eigenvalue weighted by molar-refractivity contribution is 0.0906. The second kappa shape index (κ2) is 7.01. The van der Waals surface area contributed by atoms with Crippen LogP contribution in [0.5, 0.6) is 0 Å². The van der Waals surface area contributed by atoms with E-state index in [1.807, 2.05) is 13.8 Å². The maximum atomic E-state index is 11.5. The molecule has 17 heavy (non-hydrogen) atoms. The molecule has 6 heteroatoms. The number of aromatic nitrogens is 2. The van der Waals surface area contributed by atoms with Crippen LogP contribution < -0.4 is 10.6 Å². The van der Waals surface area contributed by atoms with E-state index in [1.54, 1.807) is 6.92 Å². The molecule has 0 radical (unpaired) electrons. The monoisotopic (exact) mass is 240 g/mol. The largest absolute Gasteiger partial charge is 0.346 e. The highest BCUT2D eigenvalue weighted by atomic mass is 16.5. The molecule has 1 aliphatic heterocycles. The van der Waals surface area contributed by atoms with Gasteiger partial charge in [0.2, 0.25) is 0 Å². The predicted molar refractivity (Wildman–Crippen MR) is 63.7 cm³/mol. The number of nitrogens with one attached hydrogen (secondary N) is 2. The van der Waals surface area contributed by atoms with Gasteiger partial charge < -0.3 is 15.2 Å². The van der Waals surface area contributed by atoms with Crippen molar-refractivity contribution >= 4 is 5.91 Å². The Hall–Kier alpha value is -1.43. The summed E-state index contributed by atoms with van der Waals surface area (Å²) in [5.41, 5.74) is 0. The fourth-order valence-corrected chi connectivity index (χ4v) is 1.61. The van der Waals surface area contributed by atoms with Crippen LogP contribution in [0.3, 0.4) is 0 Å². The third-order valence-electron chi connectivity index (χ3n) is 2.39. The highest BCUT2D eigenvalue weighted by molar-refractivity contribution is 5.89. The Morgan fingerprint density at radius 1 is 1.59 bits per heavy atom. The van der Waals surface area contributed by atoms with Gasteiger partial charge in [-0.05, 0) is 26.3 Å². The van der Waals surface area contributed by atoms with Crippen LogP contribution in [-0.4, -0.2) is 35.2 Å². The molecule has 1 atom stereocenters. The molecule has 0 aromatic carbocycles. The van der Waals surface area contributed by atoms with Gasteiger partial charge in [-0.3, -0.25) is 4.79 Å². The van der Waals surface area contributed by atoms with E-state index in [-0.39, 0.29) is 11.8 Å². The van der Waals surface area contributed by atoms with Crippen LogP contribution in [-0.2, 0) is 0 Å². The second-order valence-corrected chi connectivity index (χ2v) is 3.65. The van der Waals surface area contributed by atoms with Gasteiger partial charge in [-0.15, -0.1) is 0 Å². The summed E-state index contributed by atoms with van der Waals surface area (Å²) < 4.78 is 4.75. The average molecular weight is 240 g/mol. The molecule has 1 unspecified atom stereocenters. The van der Waals surface area contributed by atoms with Crippen LogP contribution >= 0.6 is 0 Å². The number of carbonyl (C=O) groups is 1. The molecule has 1 amide bonds. The lowest BCUT2D eigenvalue weighted by atomic mass is 10.2. The molecule has 0 spiro atoms. The van der Waals surface area contributed by atoms with Crippen molar-refractivity contribution in [3.8, 4) is 0 Å². The summed E-state index contributed by atoms with van der Waals surface area (Å²) in [6, 6.07) is 0.373. The Balaban J connectivity index is 0.000000686. The van der Waals surface area contributed by atoms with E-state index in [4.69, 9.17) is 4.52 Å². The number of aryl methyl sites for hydroxylation is 1. The molecule has 1 fully saturated rings. The molecule has 96 valence electrons. The molecular weight excluding hydrogens is 220 g/mol. The van der Waals surface area contributed by atoms with Gasteiger partial charge in [0.1, 0.15) is 0 Å². The standard InChI is InChI=1S/C9H14N4O2.C2H6/c1-6-12-9(15-13-6)8(14)11-5-7-3-2-4-10-7;1-2/h7,10H,2-5H2,1H3,(H,11,14);1-2H3. The number of rotatable bonds is 3. The maximum absolute atomic E-state index is 11.5. The van der Waals surface area contributed by atoms with Crippen molar-refractivity contribution < 1.29 is 9.32 Å². The molecule has 2 N–H and O–H groups in total. The van der Waals surface area contributed by atoms with E-state index >= 15 is 0 Å². The van der Waals surface area contributed by atoms with Gasteiger partial charge in [-0.1, -0.05) is 19.0 Å². The van der Waals surface area contributed by atoms with Crippen molar-refractivity contribution in [2.24, 2.45) is 0 Å². The van der Waals surface area contributed by atoms with E-state index in [0.29, 0.717) is 18.4 Å². The van der Waals surface area contributed by atoms with Crippen LogP contribution in [0.25, 0.3) is 0 Å². The first-order valence-electron chi connectivity index (χ1n) is 6.07. The zero-order valence-corrected chi connectivity index (χ0v) is 10.6. The van der Waals surface area contributed by atoms with Crippen molar-refractivity contribution in [2.75, 3.05) is 13.1 Å². The minimum absolute atomic E-state index is 0.0329. The van der Waals surface area contributed by atoms with E-state index in [0.717, 1.165) is 13.0 Å². The Bertz CT molecular complexity index is 345. The number of carbonyl (C=O) groups excluding carboxylic acids is 1. The first-order valence-corrected chi connectivity index (χ1v) is 6.07. The van der Waals surface area contributed by atoms with Crippen molar-refractivity contribution in [2.45, 2.75) is 39.7 Å². The molecule has 1 aromatic heterocycles. The number of amides is 1. The van der Waals surface area contributed by atoms with Crippen molar-refractivity contribution in [1.29, 1.82) is 0 Å². The molecule has 2 heterocycles. The van der Waals surface area contributed by atoms with Crippen molar-refractivity contribution in [3.05, 3.63) is 11.7 Å². The summed E-state index contributed by atoms with van der Waals surface area (Å²) in [5, 5.41) is 9.60. The number of hydrogen-bond acceptors (Lipinski definition) is 5. The minimum atomic E-state index is -0.302. The van der Waals surface area contributed by atoms with Gasteiger partial charge in [0, 0.05) is 12.6 Å². The fraction of sp³-hybridized carbons (Fsp3) is 0.727. The molecule has 1 aromatic rings. The van der Waals surface area contributed by atoms with Crippen LogP contribution in [0.4, 0.5) is 0 Å². The van der Waals surface area contributed by atoms with Gasteiger partial charge in [0.05, 0.1) is 0 Å². The van der Waals surface area contributed by atoms with Gasteiger partial charge in [0.25, 0.3) is 0 Å². The second-order valence-electron chi connectivity index (χ2n) is 3.65. The Kier molecular flexibility index (Phi) is 5.62. The van der Waals surface area contributed by atoms with Crippen molar-refractivity contribution in [3.63, 3.8) is 0 Å². The lowest BCUT2D eigenvalue weighted by Gasteiger charge is -2.09. The summed E-state index contributed by atoms with van der Waals surface area (Å²) in [7, 11) is 0. The summed E-state index contributed by atoms with van der Waals surface area (Å²) in [4.78, 5) is 15.3. The Labute approximate surface area is 101 Å². The van der Waals surface area contributed by atoms with Crippen LogP contribution in [0.15, 0.2) is 4.52 Å².